The van der Waals surface area contributed by atoms with E-state index < -0.39 is 24.1 Å². The molecule has 2 atom stereocenters. The van der Waals surface area contributed by atoms with Crippen LogP contribution in [0.5, 0.6) is 0 Å². The highest BCUT2D eigenvalue weighted by Gasteiger charge is 2.33. The predicted molar refractivity (Wildman–Crippen MR) is 120 cm³/mol. The van der Waals surface area contributed by atoms with Crippen LogP contribution < -0.4 is 10.6 Å². The van der Waals surface area contributed by atoms with Crippen LogP contribution in [0.15, 0.2) is 42.7 Å². The Labute approximate surface area is 193 Å². The summed E-state index contributed by atoms with van der Waals surface area (Å²) in [7, 11) is 1.49. The van der Waals surface area contributed by atoms with Gasteiger partial charge in [-0.05, 0) is 29.3 Å². The molecule has 0 unspecified atom stereocenters. The van der Waals surface area contributed by atoms with Gasteiger partial charge < -0.3 is 25.6 Å². The molecule has 1 aliphatic rings. The minimum Gasteiger partial charge on any atom is -0.390 e. The fraction of sp³-hybridized carbons (Fsp3) is 0.348. The van der Waals surface area contributed by atoms with Gasteiger partial charge in [0.15, 0.2) is 0 Å². The van der Waals surface area contributed by atoms with Crippen LogP contribution in [-0.4, -0.2) is 57.6 Å². The first-order chi connectivity index (χ1) is 16.3. The molecule has 3 aromatic rings. The summed E-state index contributed by atoms with van der Waals surface area (Å²) in [5, 5.41) is 26.1. The highest BCUT2D eigenvalue weighted by Crippen LogP contribution is 2.34. The number of methoxy groups -OCH3 is 1. The van der Waals surface area contributed by atoms with E-state index in [0.29, 0.717) is 23.5 Å². The predicted octanol–water partition coefficient (Wildman–Crippen LogP) is 3.18. The number of aliphatic hydroxyl groups excluding tert-OH is 2. The van der Waals surface area contributed by atoms with E-state index in [-0.39, 0.29) is 25.4 Å². The van der Waals surface area contributed by atoms with Gasteiger partial charge in [-0.25, -0.2) is 15.0 Å². The van der Waals surface area contributed by atoms with Crippen molar-refractivity contribution in [3.63, 3.8) is 0 Å². The van der Waals surface area contributed by atoms with Crippen molar-refractivity contribution < 1.29 is 28.1 Å². The molecule has 34 heavy (non-hydrogen) atoms. The van der Waals surface area contributed by atoms with Gasteiger partial charge in [0.1, 0.15) is 23.7 Å². The summed E-state index contributed by atoms with van der Waals surface area (Å²) >= 11 is 0. The average Bonchev–Trinajstić information content (AvgIpc) is 2.80. The van der Waals surface area contributed by atoms with Crippen molar-refractivity contribution in [3.05, 3.63) is 59.5 Å². The third kappa shape index (κ3) is 5.27. The molecule has 180 valence electrons. The zero-order valence-electron chi connectivity index (χ0n) is 18.3. The Balaban J connectivity index is 1.65. The quantitative estimate of drug-likeness (QED) is 0.386. The minimum absolute atomic E-state index is 0.0331. The number of nitrogens with zero attached hydrogens (tertiary/aromatic N) is 3. The lowest BCUT2D eigenvalue weighted by Crippen LogP contribution is -2.34. The van der Waals surface area contributed by atoms with Crippen molar-refractivity contribution in [3.8, 4) is 11.3 Å². The fourth-order valence-electron chi connectivity index (χ4n) is 3.83. The third-order valence-corrected chi connectivity index (χ3v) is 5.55. The number of fused-ring (bicyclic) bond motifs is 1. The molecular formula is C23H24F3N5O3. The summed E-state index contributed by atoms with van der Waals surface area (Å²) in [5.41, 5.74) is 2.26. The molecule has 4 N–H and O–H groups in total. The minimum atomic E-state index is -4.58. The molecule has 1 aliphatic carbocycles. The number of aromatic nitrogens is 3. The molecule has 1 aromatic carbocycles. The number of benzene rings is 1. The van der Waals surface area contributed by atoms with Gasteiger partial charge >= 0.3 is 6.18 Å². The molecule has 4 rings (SSSR count). The van der Waals surface area contributed by atoms with Crippen LogP contribution in [0.3, 0.4) is 0 Å². The summed E-state index contributed by atoms with van der Waals surface area (Å²) in [6.45, 7) is 0.548. The highest BCUT2D eigenvalue weighted by molar-refractivity contribution is 5.75. The number of alkyl halides is 3. The molecule has 0 spiro atoms. The number of anilines is 3. The van der Waals surface area contributed by atoms with Crippen LogP contribution in [-0.2, 0) is 23.8 Å². The second kappa shape index (κ2) is 9.92. The second-order valence-corrected chi connectivity index (χ2v) is 7.91. The Morgan fingerprint density at radius 2 is 1.88 bits per heavy atom. The van der Waals surface area contributed by atoms with Gasteiger partial charge in [-0.2, -0.15) is 13.2 Å². The van der Waals surface area contributed by atoms with Crippen LogP contribution in [0.4, 0.5) is 30.5 Å². The third-order valence-electron chi connectivity index (χ3n) is 5.55. The van der Waals surface area contributed by atoms with Crippen molar-refractivity contribution in [2.45, 2.75) is 31.2 Å². The van der Waals surface area contributed by atoms with Gasteiger partial charge in [0.05, 0.1) is 24.5 Å². The molecule has 0 fully saturated rings. The number of ether oxygens (including phenoxy) is 1. The van der Waals surface area contributed by atoms with Crippen molar-refractivity contribution in [1.82, 2.24) is 15.0 Å². The van der Waals surface area contributed by atoms with E-state index in [9.17, 15) is 23.4 Å². The molecule has 0 bridgehead atoms. The second-order valence-electron chi connectivity index (χ2n) is 7.91. The fourth-order valence-corrected chi connectivity index (χ4v) is 3.83. The van der Waals surface area contributed by atoms with Crippen molar-refractivity contribution in [2.75, 3.05) is 30.9 Å². The number of hydrogen-bond donors (Lipinski definition) is 4. The van der Waals surface area contributed by atoms with Gasteiger partial charge in [-0.3, -0.25) is 0 Å². The first-order valence-electron chi connectivity index (χ1n) is 10.6. The molecule has 11 heteroatoms. The Bertz CT molecular complexity index is 1160. The Hall–Kier alpha value is -3.28. The van der Waals surface area contributed by atoms with Crippen molar-refractivity contribution in [1.29, 1.82) is 0 Å². The van der Waals surface area contributed by atoms with Crippen LogP contribution in [0.1, 0.15) is 16.8 Å². The molecule has 0 amide bonds. The van der Waals surface area contributed by atoms with Gasteiger partial charge in [0.2, 0.25) is 0 Å². The lowest BCUT2D eigenvalue weighted by molar-refractivity contribution is -0.141. The van der Waals surface area contributed by atoms with Crippen molar-refractivity contribution in [2.24, 2.45) is 0 Å². The summed E-state index contributed by atoms with van der Waals surface area (Å²) in [5.74, 6) is 0.451. The Kier molecular flexibility index (Phi) is 6.96. The molecule has 0 radical (unpaired) electrons. The highest BCUT2D eigenvalue weighted by atomic mass is 19.4. The average molecular weight is 475 g/mol. The first-order valence-corrected chi connectivity index (χ1v) is 10.6. The monoisotopic (exact) mass is 475 g/mol. The standard InChI is InChI=1S/C23H24F3N5O3/c1-34-8-7-27-22-14(5-6-20(31-22)23(24,25)26)17-11-21(29-12-28-17)30-16-4-2-3-13-9-18(32)19(33)10-15(13)16/h2-6,11-12,18-19,32-33H,7-10H2,1H3,(H,27,31)(H,28,29,30)/t18-,19+/m1/s1. The molecule has 0 aliphatic heterocycles. The Morgan fingerprint density at radius 3 is 2.65 bits per heavy atom. The molecule has 8 nitrogen and oxygen atoms in total. The Morgan fingerprint density at radius 1 is 1.09 bits per heavy atom. The van der Waals surface area contributed by atoms with E-state index in [4.69, 9.17) is 4.74 Å². The smallest absolute Gasteiger partial charge is 0.390 e. The summed E-state index contributed by atoms with van der Waals surface area (Å²) in [6.07, 6.45) is -4.33. The van der Waals surface area contributed by atoms with Gasteiger partial charge in [0, 0.05) is 43.8 Å². The first kappa shape index (κ1) is 23.9. The van der Waals surface area contributed by atoms with E-state index in [0.717, 1.165) is 22.9 Å². The molecule has 2 aromatic heterocycles. The molecule has 2 heterocycles. The van der Waals surface area contributed by atoms with Crippen molar-refractivity contribution >= 4 is 17.3 Å². The van der Waals surface area contributed by atoms with Crippen LogP contribution in [0.25, 0.3) is 11.3 Å². The summed E-state index contributed by atoms with van der Waals surface area (Å²) < 4.78 is 44.6. The number of aliphatic hydroxyl groups is 2. The number of hydrogen-bond acceptors (Lipinski definition) is 8. The van der Waals surface area contributed by atoms with Gasteiger partial charge in [-0.1, -0.05) is 12.1 Å². The van der Waals surface area contributed by atoms with E-state index in [2.05, 4.69) is 25.6 Å². The van der Waals surface area contributed by atoms with Gasteiger partial charge in [0.25, 0.3) is 0 Å². The number of rotatable bonds is 7. The number of pyridine rings is 1. The zero-order valence-corrected chi connectivity index (χ0v) is 18.3. The largest absolute Gasteiger partial charge is 0.433 e. The lowest BCUT2D eigenvalue weighted by atomic mass is 9.86. The van der Waals surface area contributed by atoms with E-state index in [1.807, 2.05) is 18.2 Å². The van der Waals surface area contributed by atoms with Crippen LogP contribution in [0.2, 0.25) is 0 Å². The maximum Gasteiger partial charge on any atom is 0.433 e. The number of halogens is 3. The lowest BCUT2D eigenvalue weighted by Gasteiger charge is -2.27. The van der Waals surface area contributed by atoms with Crippen LogP contribution >= 0.6 is 0 Å². The maximum atomic E-state index is 13.2. The topological polar surface area (TPSA) is 112 Å². The van der Waals surface area contributed by atoms with Crippen LogP contribution in [0, 0.1) is 0 Å². The van der Waals surface area contributed by atoms with E-state index >= 15 is 0 Å². The maximum absolute atomic E-state index is 13.2. The van der Waals surface area contributed by atoms with E-state index in [1.54, 1.807) is 6.07 Å². The molecule has 0 saturated heterocycles. The van der Waals surface area contributed by atoms with E-state index in [1.165, 1.54) is 19.5 Å². The molecule has 0 saturated carbocycles. The summed E-state index contributed by atoms with van der Waals surface area (Å²) in [4.78, 5) is 12.2. The number of nitrogens with one attached hydrogen (secondary N) is 2. The normalized spacial score (nSPS) is 17.8. The zero-order chi connectivity index (χ0) is 24.3. The summed E-state index contributed by atoms with van der Waals surface area (Å²) in [6, 6.07) is 9.41. The van der Waals surface area contributed by atoms with Gasteiger partial charge in [-0.15, -0.1) is 0 Å². The molecular weight excluding hydrogens is 451 g/mol. The SMILES string of the molecule is COCCNc1nc(C(F)(F)F)ccc1-c1cc(Nc2cccc3c2C[C@H](O)[C@H](O)C3)ncn1.